The lowest BCUT2D eigenvalue weighted by Crippen LogP contribution is -2.12. The first-order valence-electron chi connectivity index (χ1n) is 8.22. The zero-order valence-corrected chi connectivity index (χ0v) is 15.1. The van der Waals surface area contributed by atoms with E-state index in [2.05, 4.69) is 24.1 Å². The van der Waals surface area contributed by atoms with Crippen molar-refractivity contribution in [3.8, 4) is 0 Å². The standard InChI is InChI=1S/C21H20N2OS/c1-15(2)19-14-22-21(25-19)23-20(24)18-11-7-6-10-17(18)13-12-16-8-4-3-5-9-16/h3-15H,1-2H3,(H,22,23,24). The quantitative estimate of drug-likeness (QED) is 0.602. The van der Waals surface area contributed by atoms with Gasteiger partial charge in [0.15, 0.2) is 5.13 Å². The Morgan fingerprint density at radius 1 is 1.04 bits per heavy atom. The summed E-state index contributed by atoms with van der Waals surface area (Å²) in [5.41, 5.74) is 2.61. The van der Waals surface area contributed by atoms with E-state index in [4.69, 9.17) is 0 Å². The first-order valence-corrected chi connectivity index (χ1v) is 9.04. The minimum absolute atomic E-state index is 0.141. The third-order valence-corrected chi connectivity index (χ3v) is 4.99. The minimum atomic E-state index is -0.141. The van der Waals surface area contributed by atoms with Crippen LogP contribution in [0.1, 0.15) is 46.1 Å². The molecule has 2 aromatic carbocycles. The number of nitrogens with one attached hydrogen (secondary N) is 1. The molecule has 3 nitrogen and oxygen atoms in total. The number of hydrogen-bond acceptors (Lipinski definition) is 3. The molecule has 25 heavy (non-hydrogen) atoms. The summed E-state index contributed by atoms with van der Waals surface area (Å²) in [6.45, 7) is 4.23. The van der Waals surface area contributed by atoms with Crippen LogP contribution in [0.4, 0.5) is 5.13 Å². The Balaban J connectivity index is 1.79. The van der Waals surface area contributed by atoms with Crippen LogP contribution in [0.15, 0.2) is 60.8 Å². The molecule has 126 valence electrons. The van der Waals surface area contributed by atoms with Gasteiger partial charge >= 0.3 is 0 Å². The molecule has 0 atom stereocenters. The summed E-state index contributed by atoms with van der Waals surface area (Å²) in [5, 5.41) is 3.54. The normalized spacial score (nSPS) is 11.2. The monoisotopic (exact) mass is 348 g/mol. The highest BCUT2D eigenvalue weighted by Gasteiger charge is 2.12. The van der Waals surface area contributed by atoms with Gasteiger partial charge in [-0.3, -0.25) is 10.1 Å². The van der Waals surface area contributed by atoms with E-state index in [-0.39, 0.29) is 5.91 Å². The summed E-state index contributed by atoms with van der Waals surface area (Å²) in [5.74, 6) is 0.266. The van der Waals surface area contributed by atoms with Crippen molar-refractivity contribution in [3.63, 3.8) is 0 Å². The summed E-state index contributed by atoms with van der Waals surface area (Å²) < 4.78 is 0. The van der Waals surface area contributed by atoms with Crippen LogP contribution in [0, 0.1) is 0 Å². The molecule has 1 aromatic heterocycles. The zero-order chi connectivity index (χ0) is 17.6. The Hall–Kier alpha value is -2.72. The second kappa shape index (κ2) is 7.90. The molecule has 0 saturated carbocycles. The molecule has 0 saturated heterocycles. The maximum absolute atomic E-state index is 12.6. The maximum Gasteiger partial charge on any atom is 0.258 e. The fraction of sp³-hybridized carbons (Fsp3) is 0.143. The largest absolute Gasteiger partial charge is 0.298 e. The Morgan fingerprint density at radius 3 is 2.48 bits per heavy atom. The number of benzene rings is 2. The van der Waals surface area contributed by atoms with Crippen LogP contribution in [0.5, 0.6) is 0 Å². The Bertz CT molecular complexity index is 882. The third-order valence-electron chi connectivity index (χ3n) is 3.77. The lowest BCUT2D eigenvalue weighted by Gasteiger charge is -2.06. The molecule has 0 radical (unpaired) electrons. The van der Waals surface area contributed by atoms with Crippen molar-refractivity contribution in [2.75, 3.05) is 5.32 Å². The molecule has 0 bridgehead atoms. The van der Waals surface area contributed by atoms with Crippen molar-refractivity contribution in [3.05, 3.63) is 82.4 Å². The van der Waals surface area contributed by atoms with Crippen molar-refractivity contribution in [1.82, 2.24) is 4.98 Å². The number of nitrogens with zero attached hydrogens (tertiary/aromatic N) is 1. The molecule has 0 aliphatic rings. The molecule has 0 spiro atoms. The zero-order valence-electron chi connectivity index (χ0n) is 14.3. The smallest absolute Gasteiger partial charge is 0.258 e. The summed E-state index contributed by atoms with van der Waals surface area (Å²) in [6.07, 6.45) is 5.80. The Labute approximate surface area is 152 Å². The number of carbonyl (C=O) groups is 1. The van der Waals surface area contributed by atoms with Crippen LogP contribution in [0.25, 0.3) is 12.2 Å². The van der Waals surface area contributed by atoms with E-state index in [1.165, 1.54) is 11.3 Å². The lowest BCUT2D eigenvalue weighted by molar-refractivity contribution is 0.102. The average Bonchev–Trinajstić information content (AvgIpc) is 3.10. The topological polar surface area (TPSA) is 42.0 Å². The van der Waals surface area contributed by atoms with Crippen molar-refractivity contribution >= 4 is 34.5 Å². The van der Waals surface area contributed by atoms with Crippen molar-refractivity contribution in [2.24, 2.45) is 0 Å². The molecule has 1 heterocycles. The van der Waals surface area contributed by atoms with E-state index in [0.29, 0.717) is 16.6 Å². The summed E-state index contributed by atoms with van der Waals surface area (Å²) in [6, 6.07) is 17.6. The molecule has 1 amide bonds. The van der Waals surface area contributed by atoms with Crippen LogP contribution >= 0.6 is 11.3 Å². The highest BCUT2D eigenvalue weighted by Crippen LogP contribution is 2.26. The van der Waals surface area contributed by atoms with Crippen LogP contribution in [-0.4, -0.2) is 10.9 Å². The van der Waals surface area contributed by atoms with Gasteiger partial charge in [-0.2, -0.15) is 0 Å². The van der Waals surface area contributed by atoms with Crippen LogP contribution in [0.3, 0.4) is 0 Å². The molecule has 1 N–H and O–H groups in total. The number of amides is 1. The van der Waals surface area contributed by atoms with E-state index < -0.39 is 0 Å². The molecule has 0 aliphatic heterocycles. The van der Waals surface area contributed by atoms with Gasteiger partial charge < -0.3 is 0 Å². The first-order chi connectivity index (χ1) is 12.1. The van der Waals surface area contributed by atoms with Gasteiger partial charge in [0.1, 0.15) is 0 Å². The Kier molecular flexibility index (Phi) is 5.41. The number of aromatic nitrogens is 1. The van der Waals surface area contributed by atoms with E-state index in [1.54, 1.807) is 0 Å². The van der Waals surface area contributed by atoms with Gasteiger partial charge in [-0.1, -0.05) is 74.5 Å². The summed E-state index contributed by atoms with van der Waals surface area (Å²) in [4.78, 5) is 18.1. The predicted octanol–water partition coefficient (Wildman–Crippen LogP) is 5.69. The number of anilines is 1. The van der Waals surface area contributed by atoms with Gasteiger partial charge in [0.05, 0.1) is 0 Å². The van der Waals surface area contributed by atoms with Crippen molar-refractivity contribution < 1.29 is 4.79 Å². The van der Waals surface area contributed by atoms with Gasteiger partial charge in [-0.05, 0) is 23.1 Å². The van der Waals surface area contributed by atoms with Crippen LogP contribution < -0.4 is 5.32 Å². The van der Waals surface area contributed by atoms with E-state index in [9.17, 15) is 4.79 Å². The van der Waals surface area contributed by atoms with Crippen LogP contribution in [-0.2, 0) is 0 Å². The van der Waals surface area contributed by atoms with E-state index in [1.807, 2.05) is 72.9 Å². The fourth-order valence-electron chi connectivity index (χ4n) is 2.38. The summed E-state index contributed by atoms with van der Waals surface area (Å²) in [7, 11) is 0. The average molecular weight is 348 g/mol. The molecular formula is C21H20N2OS. The molecule has 0 aliphatic carbocycles. The highest BCUT2D eigenvalue weighted by atomic mass is 32.1. The number of hydrogen-bond donors (Lipinski definition) is 1. The van der Waals surface area contributed by atoms with Crippen LogP contribution in [0.2, 0.25) is 0 Å². The molecule has 4 heteroatoms. The third kappa shape index (κ3) is 4.43. The van der Waals surface area contributed by atoms with E-state index >= 15 is 0 Å². The van der Waals surface area contributed by atoms with Gasteiger partial charge in [0.25, 0.3) is 5.91 Å². The number of carbonyl (C=O) groups excluding carboxylic acids is 1. The van der Waals surface area contributed by atoms with Gasteiger partial charge in [0, 0.05) is 16.6 Å². The minimum Gasteiger partial charge on any atom is -0.298 e. The highest BCUT2D eigenvalue weighted by molar-refractivity contribution is 7.15. The number of thiazole rings is 1. The fourth-order valence-corrected chi connectivity index (χ4v) is 3.19. The van der Waals surface area contributed by atoms with Crippen molar-refractivity contribution in [1.29, 1.82) is 0 Å². The van der Waals surface area contributed by atoms with Gasteiger partial charge in [-0.25, -0.2) is 4.98 Å². The molecule has 0 unspecified atom stereocenters. The maximum atomic E-state index is 12.6. The molecule has 3 aromatic rings. The first kappa shape index (κ1) is 17.1. The summed E-state index contributed by atoms with van der Waals surface area (Å²) >= 11 is 1.52. The SMILES string of the molecule is CC(C)c1cnc(NC(=O)c2ccccc2C=Cc2ccccc2)s1. The van der Waals surface area contributed by atoms with Gasteiger partial charge in [0.2, 0.25) is 0 Å². The molecular weight excluding hydrogens is 328 g/mol. The van der Waals surface area contributed by atoms with Crippen molar-refractivity contribution in [2.45, 2.75) is 19.8 Å². The Morgan fingerprint density at radius 2 is 1.76 bits per heavy atom. The predicted molar refractivity (Wildman–Crippen MR) is 106 cm³/mol. The van der Waals surface area contributed by atoms with E-state index in [0.717, 1.165) is 16.0 Å². The lowest BCUT2D eigenvalue weighted by atomic mass is 10.1. The number of rotatable bonds is 5. The second-order valence-electron chi connectivity index (χ2n) is 6.01. The van der Waals surface area contributed by atoms with Gasteiger partial charge in [-0.15, -0.1) is 11.3 Å². The molecule has 0 fully saturated rings. The molecule has 3 rings (SSSR count). The second-order valence-corrected chi connectivity index (χ2v) is 7.07.